The number of hydrazone groups is 1. The number of nitrogens with zero attached hydrogens (tertiary/aromatic N) is 2. The summed E-state index contributed by atoms with van der Waals surface area (Å²) in [5.74, 6) is -0.666. The van der Waals surface area contributed by atoms with E-state index in [0.29, 0.717) is 5.58 Å². The number of benzene rings is 2. The second kappa shape index (κ2) is 8.12. The number of nitro benzene ring substituents is 1. The topological polar surface area (TPSA) is 124 Å². The van der Waals surface area contributed by atoms with Gasteiger partial charge in [-0.1, -0.05) is 30.3 Å². The summed E-state index contributed by atoms with van der Waals surface area (Å²) in [4.78, 5) is 34.3. The van der Waals surface area contributed by atoms with Crippen molar-refractivity contribution in [1.29, 1.82) is 0 Å². The molecule has 1 amide bonds. The third-order valence-electron chi connectivity index (χ3n) is 3.80. The fourth-order valence-electron chi connectivity index (χ4n) is 2.43. The number of amides is 1. The molecule has 9 heteroatoms. The van der Waals surface area contributed by atoms with Gasteiger partial charge >= 0.3 is 11.3 Å². The highest BCUT2D eigenvalue weighted by Gasteiger charge is 2.15. The van der Waals surface area contributed by atoms with Crippen molar-refractivity contribution in [2.75, 3.05) is 6.61 Å². The molecule has 0 atom stereocenters. The van der Waals surface area contributed by atoms with Crippen LogP contribution in [0.25, 0.3) is 11.0 Å². The van der Waals surface area contributed by atoms with Gasteiger partial charge in [-0.25, -0.2) is 10.2 Å². The Balaban J connectivity index is 1.68. The molecule has 0 aliphatic heterocycles. The van der Waals surface area contributed by atoms with E-state index >= 15 is 0 Å². The lowest BCUT2D eigenvalue weighted by molar-refractivity contribution is -0.385. The molecule has 28 heavy (non-hydrogen) atoms. The number of hydrogen-bond donors (Lipinski definition) is 1. The molecule has 9 nitrogen and oxygen atoms in total. The molecule has 0 fully saturated rings. The van der Waals surface area contributed by atoms with Crippen LogP contribution in [0.15, 0.2) is 68.9 Å². The fraction of sp³-hybridized carbons (Fsp3) is 0.105. The van der Waals surface area contributed by atoms with E-state index in [1.807, 2.05) is 0 Å². The SMILES string of the molecule is C/C(=N/NC(=O)COc1ccccc1[N+](=O)[O-])c1cc2ccccc2oc1=O. The van der Waals surface area contributed by atoms with Crippen LogP contribution < -0.4 is 15.8 Å². The van der Waals surface area contributed by atoms with E-state index < -0.39 is 23.1 Å². The Bertz CT molecular complexity index is 1140. The molecule has 0 bridgehead atoms. The largest absolute Gasteiger partial charge is 0.477 e. The number of nitrogens with one attached hydrogen (secondary N) is 1. The first-order valence-corrected chi connectivity index (χ1v) is 8.18. The van der Waals surface area contributed by atoms with Crippen molar-refractivity contribution in [3.05, 3.63) is 80.7 Å². The molecule has 3 rings (SSSR count). The fourth-order valence-corrected chi connectivity index (χ4v) is 2.43. The molecule has 0 aliphatic carbocycles. The lowest BCUT2D eigenvalue weighted by Gasteiger charge is -2.06. The summed E-state index contributed by atoms with van der Waals surface area (Å²) < 4.78 is 10.4. The molecular formula is C19H15N3O6. The summed E-state index contributed by atoms with van der Waals surface area (Å²) in [6.07, 6.45) is 0. The predicted octanol–water partition coefficient (Wildman–Crippen LogP) is 2.62. The number of carbonyl (C=O) groups excluding carboxylic acids is 1. The van der Waals surface area contributed by atoms with Crippen molar-refractivity contribution in [1.82, 2.24) is 5.43 Å². The molecule has 0 spiro atoms. The third kappa shape index (κ3) is 4.21. The normalized spacial score (nSPS) is 11.2. The Hall–Kier alpha value is -4.01. The molecule has 1 N–H and O–H groups in total. The molecule has 3 aromatic rings. The second-order valence-electron chi connectivity index (χ2n) is 5.73. The van der Waals surface area contributed by atoms with Crippen LogP contribution in [-0.4, -0.2) is 23.1 Å². The highest BCUT2D eigenvalue weighted by atomic mass is 16.6. The molecule has 1 heterocycles. The Morgan fingerprint density at radius 3 is 2.71 bits per heavy atom. The first-order chi connectivity index (χ1) is 13.5. The predicted molar refractivity (Wildman–Crippen MR) is 101 cm³/mol. The van der Waals surface area contributed by atoms with Crippen molar-refractivity contribution >= 4 is 28.3 Å². The summed E-state index contributed by atoms with van der Waals surface area (Å²) in [6, 6.07) is 14.4. The summed E-state index contributed by atoms with van der Waals surface area (Å²) in [5, 5.41) is 15.5. The molecule has 142 valence electrons. The van der Waals surface area contributed by atoms with E-state index in [9.17, 15) is 19.7 Å². The number of carbonyl (C=O) groups is 1. The average Bonchev–Trinajstić information content (AvgIpc) is 2.70. The van der Waals surface area contributed by atoms with E-state index in [1.165, 1.54) is 18.2 Å². The van der Waals surface area contributed by atoms with Crippen LogP contribution >= 0.6 is 0 Å². The van der Waals surface area contributed by atoms with E-state index in [-0.39, 0.29) is 22.7 Å². The number of hydrogen-bond acceptors (Lipinski definition) is 7. The van der Waals surface area contributed by atoms with Gasteiger partial charge < -0.3 is 9.15 Å². The first kappa shape index (κ1) is 18.8. The van der Waals surface area contributed by atoms with Gasteiger partial charge in [0.05, 0.1) is 16.2 Å². The highest BCUT2D eigenvalue weighted by molar-refractivity contribution is 6.00. The maximum absolute atomic E-state index is 12.1. The Labute approximate surface area is 158 Å². The smallest absolute Gasteiger partial charge is 0.345 e. The number of nitro groups is 1. The minimum atomic E-state index is -0.636. The van der Waals surface area contributed by atoms with Gasteiger partial charge in [0.1, 0.15) is 5.58 Å². The molecule has 0 saturated heterocycles. The number of para-hydroxylation sites is 3. The molecule has 0 aliphatic rings. The van der Waals surface area contributed by atoms with Gasteiger partial charge in [0.15, 0.2) is 12.4 Å². The molecule has 0 saturated carbocycles. The summed E-state index contributed by atoms with van der Waals surface area (Å²) >= 11 is 0. The summed E-state index contributed by atoms with van der Waals surface area (Å²) in [6.45, 7) is 1.07. The zero-order chi connectivity index (χ0) is 20.1. The van der Waals surface area contributed by atoms with Gasteiger partial charge in [0.2, 0.25) is 0 Å². The van der Waals surface area contributed by atoms with Gasteiger partial charge in [-0.2, -0.15) is 5.10 Å². The molecule has 2 aromatic carbocycles. The number of ether oxygens (including phenoxy) is 1. The van der Waals surface area contributed by atoms with Crippen molar-refractivity contribution in [3.63, 3.8) is 0 Å². The summed E-state index contributed by atoms with van der Waals surface area (Å²) in [5.41, 5.74) is 2.33. The van der Waals surface area contributed by atoms with Crippen LogP contribution in [0.4, 0.5) is 5.69 Å². The van der Waals surface area contributed by atoms with Crippen LogP contribution in [0.2, 0.25) is 0 Å². The maximum Gasteiger partial charge on any atom is 0.345 e. The minimum Gasteiger partial charge on any atom is -0.477 e. The number of fused-ring (bicyclic) bond motifs is 1. The van der Waals surface area contributed by atoms with E-state index in [0.717, 1.165) is 5.39 Å². The monoisotopic (exact) mass is 381 g/mol. The van der Waals surface area contributed by atoms with Gasteiger partial charge in [0, 0.05) is 11.5 Å². The maximum atomic E-state index is 12.1. The van der Waals surface area contributed by atoms with Crippen LogP contribution in [-0.2, 0) is 4.79 Å². The minimum absolute atomic E-state index is 0.0291. The Morgan fingerprint density at radius 2 is 1.93 bits per heavy atom. The van der Waals surface area contributed by atoms with Gasteiger partial charge in [-0.05, 0) is 25.1 Å². The van der Waals surface area contributed by atoms with Crippen molar-refractivity contribution in [3.8, 4) is 5.75 Å². The van der Waals surface area contributed by atoms with Crippen molar-refractivity contribution < 1.29 is 18.9 Å². The van der Waals surface area contributed by atoms with Crippen LogP contribution in [0.5, 0.6) is 5.75 Å². The molecule has 0 radical (unpaired) electrons. The van der Waals surface area contributed by atoms with Gasteiger partial charge in [0.25, 0.3) is 5.91 Å². The molecular weight excluding hydrogens is 366 g/mol. The van der Waals surface area contributed by atoms with Crippen LogP contribution in [0.3, 0.4) is 0 Å². The van der Waals surface area contributed by atoms with Crippen molar-refractivity contribution in [2.24, 2.45) is 5.10 Å². The molecule has 1 aromatic heterocycles. The van der Waals surface area contributed by atoms with Crippen molar-refractivity contribution in [2.45, 2.75) is 6.92 Å². The quantitative estimate of drug-likeness (QED) is 0.303. The standard InChI is InChI=1S/C19H15N3O6/c1-12(14-10-13-6-2-4-8-16(13)28-19(14)24)20-21-18(23)11-27-17-9-5-3-7-15(17)22(25)26/h2-10H,11H2,1H3,(H,21,23)/b20-12-. The van der Waals surface area contributed by atoms with Gasteiger partial charge in [-0.15, -0.1) is 0 Å². The first-order valence-electron chi connectivity index (χ1n) is 8.18. The highest BCUT2D eigenvalue weighted by Crippen LogP contribution is 2.25. The Kier molecular flexibility index (Phi) is 5.45. The average molecular weight is 381 g/mol. The summed E-state index contributed by atoms with van der Waals surface area (Å²) in [7, 11) is 0. The lowest BCUT2D eigenvalue weighted by Crippen LogP contribution is -2.26. The number of rotatable bonds is 6. The molecule has 0 unspecified atom stereocenters. The lowest BCUT2D eigenvalue weighted by atomic mass is 10.1. The van der Waals surface area contributed by atoms with Crippen LogP contribution in [0.1, 0.15) is 12.5 Å². The zero-order valence-corrected chi connectivity index (χ0v) is 14.7. The zero-order valence-electron chi connectivity index (χ0n) is 14.7. The van der Waals surface area contributed by atoms with E-state index in [2.05, 4.69) is 10.5 Å². The van der Waals surface area contributed by atoms with Gasteiger partial charge in [-0.3, -0.25) is 14.9 Å². The third-order valence-corrected chi connectivity index (χ3v) is 3.80. The second-order valence-corrected chi connectivity index (χ2v) is 5.73. The van der Waals surface area contributed by atoms with E-state index in [1.54, 1.807) is 43.3 Å². The van der Waals surface area contributed by atoms with E-state index in [4.69, 9.17) is 9.15 Å². The Morgan fingerprint density at radius 1 is 1.21 bits per heavy atom. The van der Waals surface area contributed by atoms with Crippen LogP contribution in [0, 0.1) is 10.1 Å².